The summed E-state index contributed by atoms with van der Waals surface area (Å²) in [5, 5.41) is 0. The Kier molecular flexibility index (Phi) is 6.33. The molecule has 0 saturated carbocycles. The topological polar surface area (TPSA) is 3.24 Å². The van der Waals surface area contributed by atoms with Crippen LogP contribution in [-0.4, -0.2) is 36.5 Å². The Balaban J connectivity index is 3.12. The highest BCUT2D eigenvalue weighted by molar-refractivity contribution is 9.09. The lowest BCUT2D eigenvalue weighted by molar-refractivity contribution is 0.292. The lowest BCUT2D eigenvalue weighted by Gasteiger charge is -2.14. The van der Waals surface area contributed by atoms with Gasteiger partial charge in [0.2, 0.25) is 0 Å². The molecular weight excluding hydrogens is 197 g/mol. The van der Waals surface area contributed by atoms with Crippen molar-refractivity contribution in [3.8, 4) is 0 Å². The van der Waals surface area contributed by atoms with E-state index in [9.17, 15) is 4.39 Å². The van der Waals surface area contributed by atoms with Crippen LogP contribution in [0, 0.1) is 0 Å². The highest BCUT2D eigenvalue weighted by atomic mass is 79.9. The van der Waals surface area contributed by atoms with Gasteiger partial charge in [-0.25, -0.2) is 4.39 Å². The largest absolute Gasteiger partial charge is 0.304 e. The van der Waals surface area contributed by atoms with E-state index in [4.69, 9.17) is 0 Å². The highest BCUT2D eigenvalue weighted by Gasteiger charge is 1.99. The van der Waals surface area contributed by atoms with Crippen molar-refractivity contribution in [1.29, 1.82) is 0 Å². The van der Waals surface area contributed by atoms with Crippen LogP contribution in [0.4, 0.5) is 4.39 Å². The standard InChI is InChI=1S/C7H15BrFN/c1-7(8)3-5-10(2)6-4-9/h7H,3-6H2,1-2H3. The quantitative estimate of drug-likeness (QED) is 0.630. The lowest BCUT2D eigenvalue weighted by Crippen LogP contribution is -2.23. The van der Waals surface area contributed by atoms with Gasteiger partial charge < -0.3 is 4.90 Å². The van der Waals surface area contributed by atoms with E-state index in [0.717, 1.165) is 13.0 Å². The van der Waals surface area contributed by atoms with Crippen LogP contribution < -0.4 is 0 Å². The predicted molar refractivity (Wildman–Crippen MR) is 46.5 cm³/mol. The van der Waals surface area contributed by atoms with E-state index in [1.165, 1.54) is 0 Å². The Hall–Kier alpha value is 0.370. The molecule has 62 valence electrons. The van der Waals surface area contributed by atoms with E-state index in [-0.39, 0.29) is 6.67 Å². The fraction of sp³-hybridized carbons (Fsp3) is 1.00. The minimum atomic E-state index is -0.243. The molecule has 0 saturated heterocycles. The first-order chi connectivity index (χ1) is 4.66. The molecule has 1 unspecified atom stereocenters. The Morgan fingerprint density at radius 2 is 2.10 bits per heavy atom. The highest BCUT2D eigenvalue weighted by Crippen LogP contribution is 2.03. The molecular formula is C7H15BrFN. The van der Waals surface area contributed by atoms with Crippen LogP contribution in [0.15, 0.2) is 0 Å². The summed E-state index contributed by atoms with van der Waals surface area (Å²) in [7, 11) is 1.94. The van der Waals surface area contributed by atoms with Gasteiger partial charge in [0, 0.05) is 11.4 Å². The molecule has 0 amide bonds. The number of nitrogens with zero attached hydrogens (tertiary/aromatic N) is 1. The SMILES string of the molecule is CC(Br)CCN(C)CCF. The van der Waals surface area contributed by atoms with Crippen molar-refractivity contribution in [2.45, 2.75) is 18.2 Å². The first kappa shape index (κ1) is 10.4. The molecule has 1 atom stereocenters. The van der Waals surface area contributed by atoms with Crippen molar-refractivity contribution in [3.05, 3.63) is 0 Å². The molecule has 0 radical (unpaired) electrons. The molecule has 0 aromatic carbocycles. The zero-order valence-electron chi connectivity index (χ0n) is 6.61. The Labute approximate surface area is 70.7 Å². The maximum absolute atomic E-state index is 11.7. The van der Waals surface area contributed by atoms with E-state index >= 15 is 0 Å². The van der Waals surface area contributed by atoms with Gasteiger partial charge in [-0.2, -0.15) is 0 Å². The molecule has 0 aromatic rings. The summed E-state index contributed by atoms with van der Waals surface area (Å²) in [6, 6.07) is 0. The van der Waals surface area contributed by atoms with Crippen LogP contribution in [0.5, 0.6) is 0 Å². The summed E-state index contributed by atoms with van der Waals surface area (Å²) < 4.78 is 11.7. The number of halogens is 2. The Bertz CT molecular complexity index is 78.0. The average Bonchev–Trinajstić information content (AvgIpc) is 1.85. The molecule has 0 bridgehead atoms. The number of hydrogen-bond donors (Lipinski definition) is 0. The minimum absolute atomic E-state index is 0.243. The van der Waals surface area contributed by atoms with Crippen LogP contribution in [0.2, 0.25) is 0 Å². The summed E-state index contributed by atoms with van der Waals surface area (Å²) >= 11 is 3.43. The van der Waals surface area contributed by atoms with Gasteiger partial charge in [0.05, 0.1) is 0 Å². The molecule has 0 aromatic heterocycles. The molecule has 3 heteroatoms. The monoisotopic (exact) mass is 211 g/mol. The molecule has 0 N–H and O–H groups in total. The molecule has 10 heavy (non-hydrogen) atoms. The summed E-state index contributed by atoms with van der Waals surface area (Å²) in [5.74, 6) is 0. The fourth-order valence-corrected chi connectivity index (χ4v) is 0.859. The van der Waals surface area contributed by atoms with Gasteiger partial charge >= 0.3 is 0 Å². The molecule has 0 aliphatic rings. The van der Waals surface area contributed by atoms with Crippen LogP contribution in [0.3, 0.4) is 0 Å². The summed E-state index contributed by atoms with van der Waals surface area (Å²) in [5.41, 5.74) is 0. The van der Waals surface area contributed by atoms with Gasteiger partial charge in [-0.3, -0.25) is 0 Å². The van der Waals surface area contributed by atoms with Crippen molar-refractivity contribution < 1.29 is 4.39 Å². The molecule has 0 rings (SSSR count). The van der Waals surface area contributed by atoms with E-state index in [2.05, 4.69) is 22.9 Å². The molecule has 0 aliphatic heterocycles. The van der Waals surface area contributed by atoms with Crippen molar-refractivity contribution in [2.24, 2.45) is 0 Å². The third-order valence-electron chi connectivity index (χ3n) is 1.37. The van der Waals surface area contributed by atoms with E-state index in [1.807, 2.05) is 11.9 Å². The zero-order chi connectivity index (χ0) is 7.98. The van der Waals surface area contributed by atoms with Gasteiger partial charge in [-0.15, -0.1) is 0 Å². The molecule has 0 spiro atoms. The molecule has 0 fully saturated rings. The number of rotatable bonds is 5. The van der Waals surface area contributed by atoms with Gasteiger partial charge in [-0.05, 0) is 20.0 Å². The normalized spacial score (nSPS) is 14.1. The third-order valence-corrected chi connectivity index (χ3v) is 1.83. The van der Waals surface area contributed by atoms with E-state index < -0.39 is 0 Å². The second-order valence-electron chi connectivity index (χ2n) is 2.56. The maximum atomic E-state index is 11.7. The Morgan fingerprint density at radius 3 is 2.50 bits per heavy atom. The summed E-state index contributed by atoms with van der Waals surface area (Å²) in [6.07, 6.45) is 1.08. The van der Waals surface area contributed by atoms with Gasteiger partial charge in [0.25, 0.3) is 0 Å². The predicted octanol–water partition coefficient (Wildman–Crippen LogP) is 2.06. The molecule has 0 aliphatic carbocycles. The molecule has 1 nitrogen and oxygen atoms in total. The number of hydrogen-bond acceptors (Lipinski definition) is 1. The van der Waals surface area contributed by atoms with Gasteiger partial charge in [0.1, 0.15) is 6.67 Å². The third kappa shape index (κ3) is 6.49. The smallest absolute Gasteiger partial charge is 0.102 e. The Morgan fingerprint density at radius 1 is 1.50 bits per heavy atom. The number of alkyl halides is 2. The van der Waals surface area contributed by atoms with Gasteiger partial charge in [-0.1, -0.05) is 22.9 Å². The van der Waals surface area contributed by atoms with Crippen LogP contribution in [0.25, 0.3) is 0 Å². The van der Waals surface area contributed by atoms with Gasteiger partial charge in [0.15, 0.2) is 0 Å². The summed E-state index contributed by atoms with van der Waals surface area (Å²) in [4.78, 5) is 2.53. The average molecular weight is 212 g/mol. The molecule has 0 heterocycles. The van der Waals surface area contributed by atoms with Crippen molar-refractivity contribution in [2.75, 3.05) is 26.8 Å². The van der Waals surface area contributed by atoms with Crippen LogP contribution in [0.1, 0.15) is 13.3 Å². The van der Waals surface area contributed by atoms with E-state index in [0.29, 0.717) is 11.4 Å². The summed E-state index contributed by atoms with van der Waals surface area (Å²) in [6.45, 7) is 3.38. The first-order valence-electron chi connectivity index (χ1n) is 3.55. The fourth-order valence-electron chi connectivity index (χ4n) is 0.654. The van der Waals surface area contributed by atoms with Crippen molar-refractivity contribution in [1.82, 2.24) is 4.90 Å². The van der Waals surface area contributed by atoms with Crippen LogP contribution in [-0.2, 0) is 0 Å². The lowest BCUT2D eigenvalue weighted by atomic mass is 10.3. The first-order valence-corrected chi connectivity index (χ1v) is 4.47. The van der Waals surface area contributed by atoms with E-state index in [1.54, 1.807) is 0 Å². The second-order valence-corrected chi connectivity index (χ2v) is 4.12. The maximum Gasteiger partial charge on any atom is 0.102 e. The zero-order valence-corrected chi connectivity index (χ0v) is 8.19. The van der Waals surface area contributed by atoms with Crippen LogP contribution >= 0.6 is 15.9 Å². The van der Waals surface area contributed by atoms with Crippen molar-refractivity contribution >= 4 is 15.9 Å². The minimum Gasteiger partial charge on any atom is -0.304 e. The second kappa shape index (κ2) is 6.10. The van der Waals surface area contributed by atoms with Crippen molar-refractivity contribution in [3.63, 3.8) is 0 Å².